The fourth-order valence-electron chi connectivity index (χ4n) is 3.23. The predicted molar refractivity (Wildman–Crippen MR) is 105 cm³/mol. The number of allylic oxidation sites excluding steroid dienone is 1. The number of thiophene rings is 1. The van der Waals surface area contributed by atoms with E-state index in [0.717, 1.165) is 16.1 Å². The van der Waals surface area contributed by atoms with Crippen molar-refractivity contribution in [1.82, 2.24) is 14.8 Å². The van der Waals surface area contributed by atoms with Gasteiger partial charge >= 0.3 is 0 Å². The van der Waals surface area contributed by atoms with E-state index in [9.17, 15) is 4.79 Å². The van der Waals surface area contributed by atoms with Crippen LogP contribution in [0.4, 0.5) is 11.6 Å². The van der Waals surface area contributed by atoms with Crippen LogP contribution in [0.25, 0.3) is 0 Å². The molecule has 0 bridgehead atoms. The van der Waals surface area contributed by atoms with Gasteiger partial charge in [-0.15, -0.1) is 11.3 Å². The smallest absolute Gasteiger partial charge is 0.256 e. The Kier molecular flexibility index (Phi) is 4.41. The van der Waals surface area contributed by atoms with Gasteiger partial charge in [0.15, 0.2) is 0 Å². The van der Waals surface area contributed by atoms with Crippen LogP contribution < -0.4 is 15.4 Å². The first kappa shape index (κ1) is 17.3. The van der Waals surface area contributed by atoms with Crippen molar-refractivity contribution < 1.29 is 9.53 Å². The normalized spacial score (nSPS) is 15.9. The second kappa shape index (κ2) is 6.88. The molecule has 138 valence electrons. The van der Waals surface area contributed by atoms with Gasteiger partial charge in [-0.2, -0.15) is 10.1 Å². The second-order valence-electron chi connectivity index (χ2n) is 6.22. The molecule has 0 fully saturated rings. The maximum atomic E-state index is 13.3. The van der Waals surface area contributed by atoms with Gasteiger partial charge in [0.05, 0.1) is 18.4 Å². The largest absolute Gasteiger partial charge is 0.495 e. The number of ether oxygens (including phenoxy) is 1. The standard InChI is InChI=1S/C19H19N5O2S/c1-11-8-9-27-17(11)16-15(12(2)22-19-20-10-21-24(16)19)18(25)23-13-6-4-5-7-14(13)26-3/h4-10,16H,1-3H3,(H,23,25)(H,20,21,22)/t16-/m0/s1. The average molecular weight is 381 g/mol. The van der Waals surface area contributed by atoms with Crippen molar-refractivity contribution in [2.75, 3.05) is 17.7 Å². The molecule has 0 saturated heterocycles. The summed E-state index contributed by atoms with van der Waals surface area (Å²) in [6.07, 6.45) is 1.49. The minimum absolute atomic E-state index is 0.205. The van der Waals surface area contributed by atoms with Crippen LogP contribution in [0.2, 0.25) is 0 Å². The number of methoxy groups -OCH3 is 1. The number of aryl methyl sites for hydroxylation is 1. The van der Waals surface area contributed by atoms with Gasteiger partial charge in [0.25, 0.3) is 5.91 Å². The molecule has 3 aromatic rings. The molecule has 4 rings (SSSR count). The van der Waals surface area contributed by atoms with Crippen molar-refractivity contribution in [3.8, 4) is 5.75 Å². The summed E-state index contributed by atoms with van der Waals surface area (Å²) in [4.78, 5) is 18.6. The third-order valence-electron chi connectivity index (χ3n) is 4.54. The van der Waals surface area contributed by atoms with Gasteiger partial charge in [-0.1, -0.05) is 12.1 Å². The van der Waals surface area contributed by atoms with Crippen molar-refractivity contribution in [2.45, 2.75) is 19.9 Å². The summed E-state index contributed by atoms with van der Waals surface area (Å²) >= 11 is 1.60. The fourth-order valence-corrected chi connectivity index (χ4v) is 4.25. The number of anilines is 2. The molecule has 2 aromatic heterocycles. The number of benzene rings is 1. The number of carbonyl (C=O) groups excluding carboxylic acids is 1. The van der Waals surface area contributed by atoms with E-state index in [-0.39, 0.29) is 11.9 Å². The molecule has 0 aliphatic carbocycles. The highest BCUT2D eigenvalue weighted by molar-refractivity contribution is 7.10. The zero-order chi connectivity index (χ0) is 19.0. The van der Waals surface area contributed by atoms with Crippen molar-refractivity contribution >= 4 is 28.9 Å². The Labute approximate surface area is 160 Å². The Morgan fingerprint density at radius 1 is 1.30 bits per heavy atom. The monoisotopic (exact) mass is 381 g/mol. The van der Waals surface area contributed by atoms with E-state index in [2.05, 4.69) is 20.7 Å². The molecule has 1 aliphatic heterocycles. The summed E-state index contributed by atoms with van der Waals surface area (Å²) in [6, 6.07) is 9.06. The molecule has 1 aromatic carbocycles. The van der Waals surface area contributed by atoms with E-state index in [1.54, 1.807) is 23.1 Å². The lowest BCUT2D eigenvalue weighted by Crippen LogP contribution is -2.31. The van der Waals surface area contributed by atoms with Crippen molar-refractivity contribution in [1.29, 1.82) is 0 Å². The van der Waals surface area contributed by atoms with E-state index in [4.69, 9.17) is 4.74 Å². The van der Waals surface area contributed by atoms with Gasteiger partial charge in [0.1, 0.15) is 18.1 Å². The zero-order valence-corrected chi connectivity index (χ0v) is 16.0. The summed E-state index contributed by atoms with van der Waals surface area (Å²) in [5.74, 6) is 1.03. The lowest BCUT2D eigenvalue weighted by Gasteiger charge is -2.28. The van der Waals surface area contributed by atoms with Crippen LogP contribution in [0.1, 0.15) is 23.4 Å². The SMILES string of the molecule is COc1ccccc1NC(=O)C1=C(C)Nc2ncnn2[C@@H]1c1sccc1C. The predicted octanol–water partition coefficient (Wildman–Crippen LogP) is 3.58. The third-order valence-corrected chi connectivity index (χ3v) is 5.62. The van der Waals surface area contributed by atoms with Crippen LogP contribution in [0, 0.1) is 6.92 Å². The molecule has 7 nitrogen and oxygen atoms in total. The Morgan fingerprint density at radius 3 is 2.85 bits per heavy atom. The fraction of sp³-hybridized carbons (Fsp3) is 0.211. The molecule has 0 unspecified atom stereocenters. The summed E-state index contributed by atoms with van der Waals surface area (Å²) < 4.78 is 7.10. The first-order valence-electron chi connectivity index (χ1n) is 8.45. The van der Waals surface area contributed by atoms with Crippen molar-refractivity contribution in [3.63, 3.8) is 0 Å². The van der Waals surface area contributed by atoms with Gasteiger partial charge in [-0.25, -0.2) is 4.68 Å². The number of hydrogen-bond acceptors (Lipinski definition) is 6. The van der Waals surface area contributed by atoms with E-state index in [1.807, 2.05) is 49.6 Å². The highest BCUT2D eigenvalue weighted by Gasteiger charge is 2.35. The molecule has 3 heterocycles. The van der Waals surface area contributed by atoms with Gasteiger partial charge < -0.3 is 15.4 Å². The Morgan fingerprint density at radius 2 is 2.11 bits per heavy atom. The minimum Gasteiger partial charge on any atom is -0.495 e. The van der Waals surface area contributed by atoms with Crippen LogP contribution in [-0.4, -0.2) is 27.8 Å². The van der Waals surface area contributed by atoms with Gasteiger partial charge in [-0.3, -0.25) is 4.79 Å². The van der Waals surface area contributed by atoms with Crippen molar-refractivity contribution in [2.24, 2.45) is 0 Å². The molecule has 0 radical (unpaired) electrons. The van der Waals surface area contributed by atoms with E-state index in [1.165, 1.54) is 6.33 Å². The quantitative estimate of drug-likeness (QED) is 0.722. The molecular formula is C19H19N5O2S. The van der Waals surface area contributed by atoms with E-state index >= 15 is 0 Å². The Hall–Kier alpha value is -3.13. The van der Waals surface area contributed by atoms with Crippen LogP contribution in [0.3, 0.4) is 0 Å². The summed E-state index contributed by atoms with van der Waals surface area (Å²) in [7, 11) is 1.58. The second-order valence-corrected chi connectivity index (χ2v) is 7.16. The number of fused-ring (bicyclic) bond motifs is 1. The molecule has 1 atom stereocenters. The number of carbonyl (C=O) groups is 1. The first-order chi connectivity index (χ1) is 13.1. The summed E-state index contributed by atoms with van der Waals surface area (Å²) in [5.41, 5.74) is 3.09. The number of para-hydroxylation sites is 2. The highest BCUT2D eigenvalue weighted by atomic mass is 32.1. The molecule has 2 N–H and O–H groups in total. The molecule has 27 heavy (non-hydrogen) atoms. The molecule has 0 saturated carbocycles. The number of hydrogen-bond donors (Lipinski definition) is 2. The van der Waals surface area contributed by atoms with Gasteiger partial charge in [0.2, 0.25) is 5.95 Å². The Bertz CT molecular complexity index is 1040. The number of nitrogens with zero attached hydrogens (tertiary/aromatic N) is 3. The summed E-state index contributed by atoms with van der Waals surface area (Å²) in [6.45, 7) is 3.92. The molecule has 1 aliphatic rings. The van der Waals surface area contributed by atoms with Crippen LogP contribution >= 0.6 is 11.3 Å². The van der Waals surface area contributed by atoms with Crippen LogP contribution in [-0.2, 0) is 4.79 Å². The first-order valence-corrected chi connectivity index (χ1v) is 9.33. The molecule has 0 spiro atoms. The topological polar surface area (TPSA) is 81.1 Å². The van der Waals surface area contributed by atoms with Gasteiger partial charge in [-0.05, 0) is 43.0 Å². The molecule has 8 heteroatoms. The third kappa shape index (κ3) is 2.97. The Balaban J connectivity index is 1.77. The number of rotatable bonds is 4. The van der Waals surface area contributed by atoms with E-state index in [0.29, 0.717) is 23.0 Å². The highest BCUT2D eigenvalue weighted by Crippen LogP contribution is 2.39. The minimum atomic E-state index is -0.335. The molecule has 1 amide bonds. The average Bonchev–Trinajstić information content (AvgIpc) is 3.29. The summed E-state index contributed by atoms with van der Waals surface area (Å²) in [5, 5.41) is 12.5. The lowest BCUT2D eigenvalue weighted by molar-refractivity contribution is -0.113. The van der Waals surface area contributed by atoms with E-state index < -0.39 is 0 Å². The van der Waals surface area contributed by atoms with Crippen LogP contribution in [0.15, 0.2) is 53.3 Å². The lowest BCUT2D eigenvalue weighted by atomic mass is 9.98. The number of nitrogens with one attached hydrogen (secondary N) is 2. The van der Waals surface area contributed by atoms with Crippen LogP contribution in [0.5, 0.6) is 5.75 Å². The maximum absolute atomic E-state index is 13.3. The number of amides is 1. The number of aromatic nitrogens is 3. The molecular weight excluding hydrogens is 362 g/mol. The van der Waals surface area contributed by atoms with Crippen molar-refractivity contribution in [3.05, 3.63) is 63.7 Å². The van der Waals surface area contributed by atoms with Gasteiger partial charge in [0, 0.05) is 10.6 Å². The zero-order valence-electron chi connectivity index (χ0n) is 15.2. The maximum Gasteiger partial charge on any atom is 0.256 e.